The van der Waals surface area contributed by atoms with Crippen LogP contribution >= 0.6 is 0 Å². The predicted molar refractivity (Wildman–Crippen MR) is 104 cm³/mol. The molecule has 0 radical (unpaired) electrons. The van der Waals surface area contributed by atoms with Crippen LogP contribution in [0.4, 0.5) is 20.2 Å². The highest BCUT2D eigenvalue weighted by atomic mass is 19.3. The second kappa shape index (κ2) is 10.3. The van der Waals surface area contributed by atoms with Crippen molar-refractivity contribution in [2.45, 2.75) is 27.4 Å². The summed E-state index contributed by atoms with van der Waals surface area (Å²) in [6.45, 7) is 3.34. The van der Waals surface area contributed by atoms with Gasteiger partial charge in [0.2, 0.25) is 5.91 Å². The van der Waals surface area contributed by atoms with Crippen LogP contribution < -0.4 is 24.8 Å². The molecule has 6 nitrogen and oxygen atoms in total. The Kier molecular flexibility index (Phi) is 7.86. The number of ether oxygens (including phenoxy) is 3. The molecular weight excluding hydrogens is 370 g/mol. The minimum absolute atomic E-state index is 0.0116. The number of rotatable bonds is 10. The van der Waals surface area contributed by atoms with Gasteiger partial charge in [-0.3, -0.25) is 4.79 Å². The Hall–Kier alpha value is -3.03. The molecule has 28 heavy (non-hydrogen) atoms. The standard InChI is InChI=1S/C20H24F2N2O4/c1-4-26-15-10-9-14(11-17(15)27-5-2)24-18(25)12-23-19-13(3)7-6-8-16(19)28-20(21)22/h6-11,20,23H,4-5,12H2,1-3H3,(H,24,25). The van der Waals surface area contributed by atoms with Crippen LogP contribution in [-0.4, -0.2) is 32.3 Å². The van der Waals surface area contributed by atoms with E-state index in [0.717, 1.165) is 0 Å². The monoisotopic (exact) mass is 394 g/mol. The van der Waals surface area contributed by atoms with Crippen molar-refractivity contribution in [3.8, 4) is 17.2 Å². The number of hydrogen-bond acceptors (Lipinski definition) is 5. The molecule has 0 saturated carbocycles. The minimum Gasteiger partial charge on any atom is -0.490 e. The number of carbonyl (C=O) groups excluding carboxylic acids is 1. The molecule has 0 aliphatic rings. The van der Waals surface area contributed by atoms with Crippen LogP contribution in [0.1, 0.15) is 19.4 Å². The number of halogens is 2. The van der Waals surface area contributed by atoms with Gasteiger partial charge < -0.3 is 24.8 Å². The summed E-state index contributed by atoms with van der Waals surface area (Å²) < 4.78 is 40.6. The van der Waals surface area contributed by atoms with E-state index in [4.69, 9.17) is 9.47 Å². The van der Waals surface area contributed by atoms with Crippen molar-refractivity contribution in [1.29, 1.82) is 0 Å². The molecule has 0 unspecified atom stereocenters. The van der Waals surface area contributed by atoms with Crippen molar-refractivity contribution in [2.75, 3.05) is 30.4 Å². The summed E-state index contributed by atoms with van der Waals surface area (Å²) in [6, 6.07) is 9.84. The summed E-state index contributed by atoms with van der Waals surface area (Å²) in [7, 11) is 0. The van der Waals surface area contributed by atoms with Gasteiger partial charge in [0.25, 0.3) is 0 Å². The van der Waals surface area contributed by atoms with Crippen molar-refractivity contribution in [2.24, 2.45) is 0 Å². The van der Waals surface area contributed by atoms with Crippen LogP contribution in [0.3, 0.4) is 0 Å². The van der Waals surface area contributed by atoms with E-state index in [1.54, 1.807) is 37.3 Å². The van der Waals surface area contributed by atoms with E-state index >= 15 is 0 Å². The highest BCUT2D eigenvalue weighted by Crippen LogP contribution is 2.31. The average molecular weight is 394 g/mol. The van der Waals surface area contributed by atoms with Gasteiger partial charge in [-0.05, 0) is 44.5 Å². The number of anilines is 2. The third kappa shape index (κ3) is 6.00. The lowest BCUT2D eigenvalue weighted by Gasteiger charge is -2.16. The third-order valence-electron chi connectivity index (χ3n) is 3.70. The number of carbonyl (C=O) groups is 1. The van der Waals surface area contributed by atoms with Gasteiger partial charge in [-0.2, -0.15) is 8.78 Å². The third-order valence-corrected chi connectivity index (χ3v) is 3.70. The first-order valence-electron chi connectivity index (χ1n) is 8.92. The number of benzene rings is 2. The Morgan fingerprint density at radius 1 is 1.04 bits per heavy atom. The summed E-state index contributed by atoms with van der Waals surface area (Å²) in [5.74, 6) is 0.760. The van der Waals surface area contributed by atoms with E-state index in [1.807, 2.05) is 13.8 Å². The van der Waals surface area contributed by atoms with Crippen molar-refractivity contribution >= 4 is 17.3 Å². The minimum atomic E-state index is -2.95. The molecular formula is C20H24F2N2O4. The Labute approximate surface area is 162 Å². The molecule has 0 saturated heterocycles. The first kappa shape index (κ1) is 21.3. The summed E-state index contributed by atoms with van der Waals surface area (Å²) >= 11 is 0. The Balaban J connectivity index is 2.04. The maximum absolute atomic E-state index is 12.6. The largest absolute Gasteiger partial charge is 0.490 e. The maximum atomic E-state index is 12.6. The zero-order valence-electron chi connectivity index (χ0n) is 16.1. The van der Waals surface area contributed by atoms with Crippen molar-refractivity contribution in [3.05, 3.63) is 42.0 Å². The van der Waals surface area contributed by atoms with E-state index in [-0.39, 0.29) is 18.2 Å². The van der Waals surface area contributed by atoms with Crippen LogP contribution in [0.2, 0.25) is 0 Å². The van der Waals surface area contributed by atoms with Crippen LogP contribution in [-0.2, 0) is 4.79 Å². The summed E-state index contributed by atoms with van der Waals surface area (Å²) in [5.41, 5.74) is 1.57. The van der Waals surface area contributed by atoms with E-state index in [2.05, 4.69) is 15.4 Å². The molecule has 2 N–H and O–H groups in total. The molecule has 0 bridgehead atoms. The van der Waals surface area contributed by atoms with E-state index in [9.17, 15) is 13.6 Å². The van der Waals surface area contributed by atoms with E-state index in [0.29, 0.717) is 41.7 Å². The number of alkyl halides is 2. The fraction of sp³-hybridized carbons (Fsp3) is 0.350. The topological polar surface area (TPSA) is 68.8 Å². The number of amides is 1. The summed E-state index contributed by atoms with van der Waals surface area (Å²) in [5, 5.41) is 5.59. The average Bonchev–Trinajstić information content (AvgIpc) is 2.63. The molecule has 0 aromatic heterocycles. The zero-order chi connectivity index (χ0) is 20.5. The molecule has 8 heteroatoms. The molecule has 0 spiro atoms. The molecule has 0 aliphatic carbocycles. The summed E-state index contributed by atoms with van der Waals surface area (Å²) in [4.78, 5) is 12.3. The number of aryl methyl sites for hydroxylation is 1. The van der Waals surface area contributed by atoms with Crippen molar-refractivity contribution in [3.63, 3.8) is 0 Å². The predicted octanol–water partition coefficient (Wildman–Crippen LogP) is 4.44. The van der Waals surface area contributed by atoms with Gasteiger partial charge in [-0.1, -0.05) is 12.1 Å². The highest BCUT2D eigenvalue weighted by Gasteiger charge is 2.13. The van der Waals surface area contributed by atoms with Gasteiger partial charge in [0.15, 0.2) is 11.5 Å². The molecule has 2 aromatic rings. The van der Waals surface area contributed by atoms with Gasteiger partial charge in [-0.15, -0.1) is 0 Å². The highest BCUT2D eigenvalue weighted by molar-refractivity contribution is 5.94. The maximum Gasteiger partial charge on any atom is 0.387 e. The van der Waals surface area contributed by atoms with Gasteiger partial charge >= 0.3 is 6.61 Å². The molecule has 2 aromatic carbocycles. The first-order valence-corrected chi connectivity index (χ1v) is 8.92. The van der Waals surface area contributed by atoms with Gasteiger partial charge in [0.1, 0.15) is 5.75 Å². The van der Waals surface area contributed by atoms with E-state index < -0.39 is 6.61 Å². The van der Waals surface area contributed by atoms with Crippen molar-refractivity contribution < 1.29 is 27.8 Å². The fourth-order valence-corrected chi connectivity index (χ4v) is 2.56. The lowest BCUT2D eigenvalue weighted by molar-refractivity contribution is -0.114. The lowest BCUT2D eigenvalue weighted by atomic mass is 10.2. The van der Waals surface area contributed by atoms with Crippen molar-refractivity contribution in [1.82, 2.24) is 0 Å². The summed E-state index contributed by atoms with van der Waals surface area (Å²) in [6.07, 6.45) is 0. The van der Waals surface area contributed by atoms with Gasteiger partial charge in [0.05, 0.1) is 25.4 Å². The number of nitrogens with one attached hydrogen (secondary N) is 2. The number of hydrogen-bond donors (Lipinski definition) is 2. The SMILES string of the molecule is CCOc1ccc(NC(=O)CNc2c(C)cccc2OC(F)F)cc1OCC. The van der Waals surface area contributed by atoms with Crippen LogP contribution in [0.25, 0.3) is 0 Å². The zero-order valence-corrected chi connectivity index (χ0v) is 16.1. The lowest BCUT2D eigenvalue weighted by Crippen LogP contribution is -2.22. The normalized spacial score (nSPS) is 10.5. The molecule has 2 rings (SSSR count). The Bertz CT molecular complexity index is 800. The second-order valence-electron chi connectivity index (χ2n) is 5.76. The molecule has 152 valence electrons. The molecule has 0 atom stereocenters. The van der Waals surface area contributed by atoms with Crippen LogP contribution in [0, 0.1) is 6.92 Å². The van der Waals surface area contributed by atoms with Gasteiger partial charge in [-0.25, -0.2) is 0 Å². The number of para-hydroxylation sites is 1. The van der Waals surface area contributed by atoms with Gasteiger partial charge in [0, 0.05) is 11.8 Å². The quantitative estimate of drug-likeness (QED) is 0.623. The van der Waals surface area contributed by atoms with Crippen LogP contribution in [0.5, 0.6) is 17.2 Å². The van der Waals surface area contributed by atoms with E-state index in [1.165, 1.54) is 6.07 Å². The molecule has 1 amide bonds. The first-order chi connectivity index (χ1) is 13.4. The van der Waals surface area contributed by atoms with Crippen LogP contribution in [0.15, 0.2) is 36.4 Å². The Morgan fingerprint density at radius 3 is 2.43 bits per heavy atom. The second-order valence-corrected chi connectivity index (χ2v) is 5.76. The molecule has 0 fully saturated rings. The molecule has 0 aliphatic heterocycles. The molecule has 0 heterocycles. The fourth-order valence-electron chi connectivity index (χ4n) is 2.56. The Morgan fingerprint density at radius 2 is 1.75 bits per heavy atom. The smallest absolute Gasteiger partial charge is 0.387 e.